The normalized spacial score (nSPS) is 12.6. The highest BCUT2D eigenvalue weighted by Crippen LogP contribution is 2.35. The van der Waals surface area contributed by atoms with Gasteiger partial charge in [-0.1, -0.05) is 47.5 Å². The van der Waals surface area contributed by atoms with Gasteiger partial charge in [0.25, 0.3) is 0 Å². The van der Waals surface area contributed by atoms with Gasteiger partial charge in [0.15, 0.2) is 0 Å². The molecule has 7 heteroatoms. The number of rotatable bonds is 6. The zero-order valence-electron chi connectivity index (χ0n) is 15.0. The van der Waals surface area contributed by atoms with Gasteiger partial charge in [-0.2, -0.15) is 13.2 Å². The summed E-state index contributed by atoms with van der Waals surface area (Å²) in [7, 11) is 0. The second kappa shape index (κ2) is 8.63. The first kappa shape index (κ1) is 20.2. The quantitative estimate of drug-likeness (QED) is 0.493. The molecule has 0 bridgehead atoms. The van der Waals surface area contributed by atoms with Crippen LogP contribution >= 0.6 is 11.6 Å². The summed E-state index contributed by atoms with van der Waals surface area (Å²) in [5, 5.41) is 2.35. The van der Waals surface area contributed by atoms with Crippen molar-refractivity contribution in [3.63, 3.8) is 0 Å². The van der Waals surface area contributed by atoms with Crippen LogP contribution in [0.2, 0.25) is 5.15 Å². The summed E-state index contributed by atoms with van der Waals surface area (Å²) in [4.78, 5) is 3.73. The zero-order valence-corrected chi connectivity index (χ0v) is 15.8. The van der Waals surface area contributed by atoms with Gasteiger partial charge in [-0.15, -0.1) is 0 Å². The first-order chi connectivity index (χ1) is 13.3. The van der Waals surface area contributed by atoms with E-state index in [1.807, 2.05) is 31.2 Å². The van der Waals surface area contributed by atoms with Crippen molar-refractivity contribution in [3.8, 4) is 11.5 Å². The molecule has 3 nitrogen and oxygen atoms in total. The van der Waals surface area contributed by atoms with E-state index in [1.54, 1.807) is 24.3 Å². The summed E-state index contributed by atoms with van der Waals surface area (Å²) in [6.07, 6.45) is -3.15. The third-order valence-corrected chi connectivity index (χ3v) is 4.43. The van der Waals surface area contributed by atoms with Crippen LogP contribution in [0.15, 0.2) is 66.9 Å². The Hall–Kier alpha value is -2.57. The Labute approximate surface area is 166 Å². The largest absolute Gasteiger partial charge is 0.457 e. The van der Waals surface area contributed by atoms with Crippen LogP contribution in [0, 0.1) is 6.92 Å². The Morgan fingerprint density at radius 3 is 2.18 bits per heavy atom. The molecule has 1 heterocycles. The molecule has 146 valence electrons. The molecule has 1 aromatic heterocycles. The summed E-state index contributed by atoms with van der Waals surface area (Å²) >= 11 is 5.85. The summed E-state index contributed by atoms with van der Waals surface area (Å²) in [5.41, 5.74) is 1.71. The highest BCUT2D eigenvalue weighted by molar-refractivity contribution is 6.30. The number of aryl methyl sites for hydroxylation is 1. The van der Waals surface area contributed by atoms with E-state index in [1.165, 1.54) is 18.3 Å². The Balaban J connectivity index is 1.67. The van der Waals surface area contributed by atoms with Gasteiger partial charge in [-0.3, -0.25) is 5.32 Å². The number of nitrogens with one attached hydrogen (secondary N) is 1. The highest BCUT2D eigenvalue weighted by atomic mass is 35.5. The fourth-order valence-corrected chi connectivity index (χ4v) is 2.88. The monoisotopic (exact) mass is 406 g/mol. The molecule has 0 amide bonds. The van der Waals surface area contributed by atoms with E-state index in [2.05, 4.69) is 10.3 Å². The van der Waals surface area contributed by atoms with Gasteiger partial charge in [0.05, 0.1) is 0 Å². The number of hydrogen-bond acceptors (Lipinski definition) is 3. The Kier molecular flexibility index (Phi) is 6.21. The van der Waals surface area contributed by atoms with Crippen molar-refractivity contribution >= 4 is 11.6 Å². The number of halogens is 4. The number of aromatic nitrogens is 1. The minimum absolute atomic E-state index is 0.0141. The highest BCUT2D eigenvalue weighted by Gasteiger charge is 2.41. The molecule has 3 rings (SSSR count). The molecular weight excluding hydrogens is 389 g/mol. The lowest BCUT2D eigenvalue weighted by Gasteiger charge is -2.22. The molecule has 1 atom stereocenters. The average Bonchev–Trinajstić information content (AvgIpc) is 2.65. The molecule has 1 N–H and O–H groups in total. The third kappa shape index (κ3) is 5.24. The topological polar surface area (TPSA) is 34.1 Å². The van der Waals surface area contributed by atoms with Gasteiger partial charge in [-0.05, 0) is 42.8 Å². The standard InChI is InChI=1S/C21H18ClF3N2O/c1-14-4-8-16(9-5-14)28-17-10-6-15(7-11-17)13-27-19(21(23,24)25)18-3-2-12-26-20(18)22/h2-12,19,27H,13H2,1H3. The number of hydrogen-bond donors (Lipinski definition) is 1. The van der Waals surface area contributed by atoms with Crippen molar-refractivity contribution in [2.24, 2.45) is 0 Å². The van der Waals surface area contributed by atoms with Crippen LogP contribution in [0.5, 0.6) is 11.5 Å². The fourth-order valence-electron chi connectivity index (χ4n) is 2.65. The molecule has 28 heavy (non-hydrogen) atoms. The molecule has 0 radical (unpaired) electrons. The van der Waals surface area contributed by atoms with Crippen molar-refractivity contribution in [2.45, 2.75) is 25.7 Å². The van der Waals surface area contributed by atoms with Gasteiger partial charge in [0, 0.05) is 18.3 Å². The van der Waals surface area contributed by atoms with Gasteiger partial charge in [-0.25, -0.2) is 4.98 Å². The minimum atomic E-state index is -4.50. The number of pyridine rings is 1. The van der Waals surface area contributed by atoms with Crippen LogP contribution in [0.4, 0.5) is 13.2 Å². The van der Waals surface area contributed by atoms with Crippen molar-refractivity contribution in [1.82, 2.24) is 10.3 Å². The van der Waals surface area contributed by atoms with Crippen molar-refractivity contribution in [1.29, 1.82) is 0 Å². The van der Waals surface area contributed by atoms with Crippen LogP contribution in [0.3, 0.4) is 0 Å². The van der Waals surface area contributed by atoms with E-state index in [4.69, 9.17) is 16.3 Å². The predicted octanol–water partition coefficient (Wildman–Crippen LogP) is 6.23. The Morgan fingerprint density at radius 1 is 1.00 bits per heavy atom. The molecule has 2 aromatic carbocycles. The molecule has 0 fully saturated rings. The second-order valence-electron chi connectivity index (χ2n) is 6.30. The SMILES string of the molecule is Cc1ccc(Oc2ccc(CNC(c3cccnc3Cl)C(F)(F)F)cc2)cc1. The molecule has 0 aliphatic heterocycles. The first-order valence-corrected chi connectivity index (χ1v) is 8.95. The van der Waals surface area contributed by atoms with Crippen LogP contribution < -0.4 is 10.1 Å². The van der Waals surface area contributed by atoms with Crippen LogP contribution in [0.25, 0.3) is 0 Å². The van der Waals surface area contributed by atoms with Crippen molar-refractivity contribution in [2.75, 3.05) is 0 Å². The first-order valence-electron chi connectivity index (χ1n) is 8.57. The van der Waals surface area contributed by atoms with Crippen LogP contribution in [-0.4, -0.2) is 11.2 Å². The summed E-state index contributed by atoms with van der Waals surface area (Å²) in [6.45, 7) is 2.00. The number of nitrogens with zero attached hydrogens (tertiary/aromatic N) is 1. The zero-order chi connectivity index (χ0) is 20.1. The average molecular weight is 407 g/mol. The van der Waals surface area contributed by atoms with E-state index in [-0.39, 0.29) is 17.3 Å². The van der Waals surface area contributed by atoms with E-state index >= 15 is 0 Å². The Morgan fingerprint density at radius 2 is 1.61 bits per heavy atom. The maximum atomic E-state index is 13.5. The van der Waals surface area contributed by atoms with Gasteiger partial charge in [0.2, 0.25) is 0 Å². The second-order valence-corrected chi connectivity index (χ2v) is 6.66. The van der Waals surface area contributed by atoms with E-state index in [0.29, 0.717) is 17.1 Å². The van der Waals surface area contributed by atoms with E-state index in [9.17, 15) is 13.2 Å². The molecule has 0 spiro atoms. The predicted molar refractivity (Wildman–Crippen MR) is 103 cm³/mol. The van der Waals surface area contributed by atoms with Gasteiger partial charge in [0.1, 0.15) is 22.7 Å². The lowest BCUT2D eigenvalue weighted by atomic mass is 10.1. The lowest BCUT2D eigenvalue weighted by molar-refractivity contribution is -0.158. The molecule has 1 unspecified atom stereocenters. The summed E-state index contributed by atoms with van der Waals surface area (Å²) in [6, 6.07) is 15.3. The van der Waals surface area contributed by atoms with Crippen molar-refractivity contribution < 1.29 is 17.9 Å². The van der Waals surface area contributed by atoms with Gasteiger partial charge >= 0.3 is 6.18 Å². The lowest BCUT2D eigenvalue weighted by Crippen LogP contribution is -2.34. The van der Waals surface area contributed by atoms with Crippen LogP contribution in [0.1, 0.15) is 22.7 Å². The molecular formula is C21H18ClF3N2O. The van der Waals surface area contributed by atoms with Gasteiger partial charge < -0.3 is 4.74 Å². The maximum Gasteiger partial charge on any atom is 0.408 e. The molecule has 3 aromatic rings. The van der Waals surface area contributed by atoms with E-state index in [0.717, 1.165) is 5.56 Å². The minimum Gasteiger partial charge on any atom is -0.457 e. The van der Waals surface area contributed by atoms with Crippen molar-refractivity contribution in [3.05, 3.63) is 88.7 Å². The van der Waals surface area contributed by atoms with Crippen LogP contribution in [-0.2, 0) is 6.54 Å². The molecule has 0 aliphatic rings. The summed E-state index contributed by atoms with van der Waals surface area (Å²) in [5.74, 6) is 1.30. The third-order valence-electron chi connectivity index (χ3n) is 4.12. The van der Waals surface area contributed by atoms with E-state index < -0.39 is 12.2 Å². The molecule has 0 aliphatic carbocycles. The number of benzene rings is 2. The number of ether oxygens (including phenoxy) is 1. The number of alkyl halides is 3. The Bertz CT molecular complexity index is 912. The molecule has 0 saturated heterocycles. The molecule has 0 saturated carbocycles. The maximum absolute atomic E-state index is 13.5. The smallest absolute Gasteiger partial charge is 0.408 e. The summed E-state index contributed by atoms with van der Waals surface area (Å²) < 4.78 is 46.1. The fraction of sp³-hybridized carbons (Fsp3) is 0.190.